The van der Waals surface area contributed by atoms with Crippen molar-refractivity contribution in [3.8, 4) is 0 Å². The summed E-state index contributed by atoms with van der Waals surface area (Å²) in [6.07, 6.45) is 0. The van der Waals surface area contributed by atoms with Gasteiger partial charge in [0.1, 0.15) is 12.4 Å². The van der Waals surface area contributed by atoms with Gasteiger partial charge in [0.15, 0.2) is 5.82 Å². The van der Waals surface area contributed by atoms with Crippen LogP contribution in [0.2, 0.25) is 0 Å². The molecule has 0 atom stereocenters. The molecule has 23 heavy (non-hydrogen) atoms. The van der Waals surface area contributed by atoms with Gasteiger partial charge >= 0.3 is 0 Å². The molecule has 1 N–H and O–H groups in total. The zero-order valence-corrected chi connectivity index (χ0v) is 13.2. The fourth-order valence-corrected chi connectivity index (χ4v) is 3.19. The number of aryl methyl sites for hydroxylation is 1. The molecule has 2 aromatic rings. The Labute approximate surface area is 133 Å². The van der Waals surface area contributed by atoms with Crippen LogP contribution in [0.5, 0.6) is 0 Å². The smallest absolute Gasteiger partial charge is 0.263 e. The van der Waals surface area contributed by atoms with E-state index in [-0.39, 0.29) is 23.2 Å². The Balaban J connectivity index is 1.79. The van der Waals surface area contributed by atoms with Crippen LogP contribution in [-0.4, -0.2) is 39.2 Å². The van der Waals surface area contributed by atoms with E-state index >= 15 is 0 Å². The molecule has 0 radical (unpaired) electrons. The lowest BCUT2D eigenvalue weighted by Gasteiger charge is -2.26. The van der Waals surface area contributed by atoms with Gasteiger partial charge in [0, 0.05) is 18.3 Å². The molecule has 1 saturated heterocycles. The van der Waals surface area contributed by atoms with E-state index in [1.54, 1.807) is 24.0 Å². The quantitative estimate of drug-likeness (QED) is 0.898. The molecule has 0 aliphatic carbocycles. The Bertz CT molecular complexity index is 813. The molecule has 0 bridgehead atoms. The molecule has 1 aliphatic rings. The van der Waals surface area contributed by atoms with Crippen molar-refractivity contribution in [1.82, 2.24) is 5.16 Å². The average Bonchev–Trinajstić information content (AvgIpc) is 2.92. The first-order chi connectivity index (χ1) is 11.0. The van der Waals surface area contributed by atoms with E-state index in [9.17, 15) is 13.2 Å². The highest BCUT2D eigenvalue weighted by atomic mass is 32.2. The predicted molar refractivity (Wildman–Crippen MR) is 81.7 cm³/mol. The summed E-state index contributed by atoms with van der Waals surface area (Å²) in [4.78, 5) is 13.4. The Hall–Kier alpha value is -2.39. The Morgan fingerprint density at radius 1 is 1.26 bits per heavy atom. The van der Waals surface area contributed by atoms with E-state index in [4.69, 9.17) is 9.26 Å². The highest BCUT2D eigenvalue weighted by molar-refractivity contribution is 7.92. The number of hydrogen-bond acceptors (Lipinski definition) is 6. The van der Waals surface area contributed by atoms with Crippen LogP contribution in [0.4, 0.5) is 11.5 Å². The summed E-state index contributed by atoms with van der Waals surface area (Å²) >= 11 is 0. The van der Waals surface area contributed by atoms with Crippen molar-refractivity contribution in [3.63, 3.8) is 0 Å². The van der Waals surface area contributed by atoms with Gasteiger partial charge in [0.25, 0.3) is 15.9 Å². The van der Waals surface area contributed by atoms with Gasteiger partial charge < -0.3 is 14.2 Å². The normalized spacial score (nSPS) is 15.7. The minimum atomic E-state index is -3.76. The standard InChI is InChI=1S/C14H15N3O5S/c1-10-8-13(15-22-10)16-23(19,20)12-4-2-11(3-5-12)17-6-7-21-9-14(17)18/h2-5,8H,6-7,9H2,1H3,(H,15,16). The van der Waals surface area contributed by atoms with Crippen LogP contribution in [0.15, 0.2) is 39.8 Å². The number of anilines is 2. The van der Waals surface area contributed by atoms with E-state index in [0.29, 0.717) is 24.6 Å². The van der Waals surface area contributed by atoms with Crippen molar-refractivity contribution >= 4 is 27.4 Å². The molecular weight excluding hydrogens is 322 g/mol. The number of aromatic nitrogens is 1. The van der Waals surface area contributed by atoms with Crippen LogP contribution in [-0.2, 0) is 19.6 Å². The predicted octanol–water partition coefficient (Wildman–Crippen LogP) is 1.15. The minimum Gasteiger partial charge on any atom is -0.370 e. The maximum Gasteiger partial charge on any atom is 0.263 e. The van der Waals surface area contributed by atoms with Gasteiger partial charge in [0.05, 0.1) is 11.5 Å². The summed E-state index contributed by atoms with van der Waals surface area (Å²) in [5.74, 6) is 0.474. The first kappa shape index (κ1) is 15.5. The first-order valence-electron chi connectivity index (χ1n) is 6.90. The molecule has 1 amide bonds. The summed E-state index contributed by atoms with van der Waals surface area (Å²) < 4.78 is 36.8. The van der Waals surface area contributed by atoms with Gasteiger partial charge in [-0.25, -0.2) is 8.42 Å². The fourth-order valence-electron chi connectivity index (χ4n) is 2.21. The van der Waals surface area contributed by atoms with Crippen molar-refractivity contribution in [1.29, 1.82) is 0 Å². The van der Waals surface area contributed by atoms with Gasteiger partial charge in [-0.2, -0.15) is 0 Å². The van der Waals surface area contributed by atoms with Gasteiger partial charge in [-0.05, 0) is 31.2 Å². The molecule has 0 spiro atoms. The van der Waals surface area contributed by atoms with Crippen molar-refractivity contribution in [3.05, 3.63) is 36.1 Å². The first-order valence-corrected chi connectivity index (χ1v) is 8.38. The third kappa shape index (κ3) is 3.35. The Morgan fingerprint density at radius 2 is 2.00 bits per heavy atom. The number of sulfonamides is 1. The molecule has 9 heteroatoms. The maximum absolute atomic E-state index is 12.3. The second-order valence-corrected chi connectivity index (χ2v) is 6.70. The van der Waals surface area contributed by atoms with E-state index in [1.165, 1.54) is 18.2 Å². The van der Waals surface area contributed by atoms with Crippen molar-refractivity contribution < 1.29 is 22.5 Å². The van der Waals surface area contributed by atoms with Crippen LogP contribution >= 0.6 is 0 Å². The topological polar surface area (TPSA) is 102 Å². The Kier molecular flexibility index (Phi) is 4.05. The third-order valence-electron chi connectivity index (χ3n) is 3.31. The summed E-state index contributed by atoms with van der Waals surface area (Å²) in [6, 6.07) is 7.54. The highest BCUT2D eigenvalue weighted by Crippen LogP contribution is 2.21. The highest BCUT2D eigenvalue weighted by Gasteiger charge is 2.21. The number of nitrogens with one attached hydrogen (secondary N) is 1. The van der Waals surface area contributed by atoms with Crippen molar-refractivity contribution in [2.24, 2.45) is 0 Å². The van der Waals surface area contributed by atoms with Crippen LogP contribution in [0.1, 0.15) is 5.76 Å². The van der Waals surface area contributed by atoms with E-state index in [1.807, 2.05) is 0 Å². The Morgan fingerprint density at radius 3 is 2.61 bits per heavy atom. The van der Waals surface area contributed by atoms with Crippen molar-refractivity contribution in [2.45, 2.75) is 11.8 Å². The van der Waals surface area contributed by atoms with E-state index in [2.05, 4.69) is 9.88 Å². The lowest BCUT2D eigenvalue weighted by molar-refractivity contribution is -0.125. The number of amides is 1. The third-order valence-corrected chi connectivity index (χ3v) is 4.68. The number of morpholine rings is 1. The number of ether oxygens (including phenoxy) is 1. The number of benzene rings is 1. The fraction of sp³-hybridized carbons (Fsp3) is 0.286. The van der Waals surface area contributed by atoms with Crippen LogP contribution in [0, 0.1) is 6.92 Å². The summed E-state index contributed by atoms with van der Waals surface area (Å²) in [6.45, 7) is 2.60. The number of carbonyl (C=O) groups is 1. The van der Waals surface area contributed by atoms with E-state index in [0.717, 1.165) is 0 Å². The van der Waals surface area contributed by atoms with E-state index < -0.39 is 10.0 Å². The molecule has 2 heterocycles. The summed E-state index contributed by atoms with van der Waals surface area (Å²) in [5.41, 5.74) is 0.634. The number of rotatable bonds is 4. The SMILES string of the molecule is Cc1cc(NS(=O)(=O)c2ccc(N3CCOCC3=O)cc2)no1. The van der Waals surface area contributed by atoms with Crippen LogP contribution in [0.3, 0.4) is 0 Å². The zero-order valence-electron chi connectivity index (χ0n) is 12.4. The van der Waals surface area contributed by atoms with Gasteiger partial charge in [-0.15, -0.1) is 0 Å². The second kappa shape index (κ2) is 6.01. The summed E-state index contributed by atoms with van der Waals surface area (Å²) in [5, 5.41) is 3.60. The zero-order chi connectivity index (χ0) is 16.4. The average molecular weight is 337 g/mol. The number of hydrogen-bond donors (Lipinski definition) is 1. The van der Waals surface area contributed by atoms with Crippen molar-refractivity contribution in [2.75, 3.05) is 29.4 Å². The largest absolute Gasteiger partial charge is 0.370 e. The van der Waals surface area contributed by atoms with Crippen LogP contribution < -0.4 is 9.62 Å². The molecule has 0 unspecified atom stereocenters. The molecular formula is C14H15N3O5S. The molecule has 122 valence electrons. The monoisotopic (exact) mass is 337 g/mol. The molecule has 3 rings (SSSR count). The van der Waals surface area contributed by atoms with Gasteiger partial charge in [-0.3, -0.25) is 9.52 Å². The lowest BCUT2D eigenvalue weighted by Crippen LogP contribution is -2.41. The molecule has 1 fully saturated rings. The second-order valence-electron chi connectivity index (χ2n) is 5.02. The minimum absolute atomic E-state index is 0.0348. The number of nitrogens with zero attached hydrogens (tertiary/aromatic N) is 2. The molecule has 0 saturated carbocycles. The maximum atomic E-state index is 12.3. The van der Waals surface area contributed by atoms with Gasteiger partial charge in [0.2, 0.25) is 0 Å². The molecule has 8 nitrogen and oxygen atoms in total. The molecule has 1 aromatic carbocycles. The molecule has 1 aliphatic heterocycles. The van der Waals surface area contributed by atoms with Crippen LogP contribution in [0.25, 0.3) is 0 Å². The summed E-state index contributed by atoms with van der Waals surface area (Å²) in [7, 11) is -3.76. The van der Waals surface area contributed by atoms with Gasteiger partial charge in [-0.1, -0.05) is 5.16 Å². The number of carbonyl (C=O) groups excluding carboxylic acids is 1. The molecule has 1 aromatic heterocycles. The lowest BCUT2D eigenvalue weighted by atomic mass is 10.2.